The maximum atomic E-state index is 12.3. The molecule has 0 aliphatic rings. The van der Waals surface area contributed by atoms with E-state index in [1.165, 1.54) is 0 Å². The van der Waals surface area contributed by atoms with Gasteiger partial charge in [-0.3, -0.25) is 14.6 Å². The molecule has 0 aliphatic heterocycles. The predicted octanol–water partition coefficient (Wildman–Crippen LogP) is 2.78. The molecule has 0 saturated heterocycles. The van der Waals surface area contributed by atoms with Crippen LogP contribution < -0.4 is 5.32 Å². The van der Waals surface area contributed by atoms with Gasteiger partial charge in [0.1, 0.15) is 11.5 Å². The Morgan fingerprint density at radius 1 is 1.33 bits per heavy atom. The number of nitrogens with one attached hydrogen (secondary N) is 2. The van der Waals surface area contributed by atoms with Crippen LogP contribution in [0.4, 0.5) is 0 Å². The van der Waals surface area contributed by atoms with E-state index in [1.54, 1.807) is 6.07 Å². The van der Waals surface area contributed by atoms with Crippen molar-refractivity contribution in [2.75, 3.05) is 6.54 Å². The highest BCUT2D eigenvalue weighted by atomic mass is 16.3. The third kappa shape index (κ3) is 3.24. The lowest BCUT2D eigenvalue weighted by Gasteiger charge is -2.14. The van der Waals surface area contributed by atoms with Gasteiger partial charge in [-0.2, -0.15) is 10.2 Å². The van der Waals surface area contributed by atoms with Crippen LogP contribution in [-0.4, -0.2) is 32.4 Å². The smallest absolute Gasteiger partial charge is 0.271 e. The number of aromatic amines is 1. The number of furan rings is 1. The number of hydrogen-bond donors (Lipinski definition) is 2. The lowest BCUT2D eigenvalue weighted by atomic mass is 10.2. The first kappa shape index (κ1) is 16.0. The predicted molar refractivity (Wildman–Crippen MR) is 89.8 cm³/mol. The summed E-state index contributed by atoms with van der Waals surface area (Å²) in [4.78, 5) is 12.3. The second-order valence-electron chi connectivity index (χ2n) is 6.01. The molecule has 1 unspecified atom stereocenters. The Bertz CT molecular complexity index is 858. The van der Waals surface area contributed by atoms with E-state index in [4.69, 9.17) is 4.42 Å². The van der Waals surface area contributed by atoms with E-state index in [9.17, 15) is 4.79 Å². The molecular formula is C17H21N5O2. The van der Waals surface area contributed by atoms with Crippen LogP contribution in [0, 0.1) is 20.8 Å². The van der Waals surface area contributed by atoms with Gasteiger partial charge in [0.25, 0.3) is 5.91 Å². The largest absolute Gasteiger partial charge is 0.460 e. The maximum absolute atomic E-state index is 12.3. The Labute approximate surface area is 140 Å². The summed E-state index contributed by atoms with van der Waals surface area (Å²) in [6.45, 7) is 8.32. The van der Waals surface area contributed by atoms with Crippen LogP contribution >= 0.6 is 0 Å². The molecule has 3 aromatic heterocycles. The highest BCUT2D eigenvalue weighted by Gasteiger charge is 2.15. The van der Waals surface area contributed by atoms with Crippen molar-refractivity contribution in [2.45, 2.75) is 33.7 Å². The van der Waals surface area contributed by atoms with Crippen molar-refractivity contribution in [1.82, 2.24) is 25.3 Å². The minimum absolute atomic E-state index is 0.0637. The number of amides is 1. The highest BCUT2D eigenvalue weighted by molar-refractivity contribution is 5.93. The summed E-state index contributed by atoms with van der Waals surface area (Å²) in [7, 11) is 0. The van der Waals surface area contributed by atoms with Gasteiger partial charge in [0.15, 0.2) is 11.5 Å². The molecule has 0 radical (unpaired) electrons. The summed E-state index contributed by atoms with van der Waals surface area (Å²) >= 11 is 0. The summed E-state index contributed by atoms with van der Waals surface area (Å²) in [6, 6.07) is 7.47. The molecule has 3 rings (SSSR count). The van der Waals surface area contributed by atoms with E-state index in [2.05, 4.69) is 20.6 Å². The van der Waals surface area contributed by atoms with Gasteiger partial charge in [-0.15, -0.1) is 0 Å². The molecule has 0 saturated carbocycles. The third-order valence-corrected chi connectivity index (χ3v) is 3.84. The molecule has 3 heterocycles. The fourth-order valence-corrected chi connectivity index (χ4v) is 2.65. The molecule has 7 heteroatoms. The number of rotatable bonds is 5. The monoisotopic (exact) mass is 327 g/mol. The van der Waals surface area contributed by atoms with Crippen LogP contribution in [0.25, 0.3) is 11.5 Å². The van der Waals surface area contributed by atoms with Gasteiger partial charge in [-0.1, -0.05) is 0 Å². The Kier molecular flexibility index (Phi) is 4.24. The number of carbonyl (C=O) groups is 1. The number of nitrogens with zero attached hydrogens (tertiary/aromatic N) is 3. The Morgan fingerprint density at radius 2 is 2.12 bits per heavy atom. The molecule has 3 aromatic rings. The lowest BCUT2D eigenvalue weighted by molar-refractivity contribution is 0.0942. The van der Waals surface area contributed by atoms with Gasteiger partial charge in [-0.05, 0) is 45.9 Å². The molecule has 0 fully saturated rings. The van der Waals surface area contributed by atoms with Crippen LogP contribution in [0.2, 0.25) is 0 Å². The summed E-state index contributed by atoms with van der Waals surface area (Å²) in [6.07, 6.45) is 0. The normalized spacial score (nSPS) is 12.3. The van der Waals surface area contributed by atoms with Crippen molar-refractivity contribution in [2.24, 2.45) is 0 Å². The number of H-pyrrole nitrogens is 1. The van der Waals surface area contributed by atoms with Crippen molar-refractivity contribution in [3.05, 3.63) is 47.1 Å². The molecule has 1 amide bonds. The highest BCUT2D eigenvalue weighted by Crippen LogP contribution is 2.20. The molecule has 7 nitrogen and oxygen atoms in total. The quantitative estimate of drug-likeness (QED) is 0.754. The van der Waals surface area contributed by atoms with Crippen molar-refractivity contribution in [3.63, 3.8) is 0 Å². The fourth-order valence-electron chi connectivity index (χ4n) is 2.65. The fraction of sp³-hybridized carbons (Fsp3) is 0.353. The molecule has 1 atom stereocenters. The number of hydrogen-bond acceptors (Lipinski definition) is 4. The molecule has 24 heavy (non-hydrogen) atoms. The van der Waals surface area contributed by atoms with Crippen LogP contribution in [0.1, 0.15) is 40.6 Å². The van der Waals surface area contributed by atoms with E-state index in [1.807, 2.05) is 50.6 Å². The zero-order valence-electron chi connectivity index (χ0n) is 14.3. The molecule has 0 bridgehead atoms. The summed E-state index contributed by atoms with van der Waals surface area (Å²) in [5.74, 6) is 1.24. The average molecular weight is 327 g/mol. The van der Waals surface area contributed by atoms with Crippen LogP contribution in [-0.2, 0) is 0 Å². The second kappa shape index (κ2) is 6.35. The van der Waals surface area contributed by atoms with E-state index >= 15 is 0 Å². The van der Waals surface area contributed by atoms with Crippen molar-refractivity contribution in [3.8, 4) is 11.5 Å². The first-order chi connectivity index (χ1) is 11.4. The lowest BCUT2D eigenvalue weighted by Crippen LogP contribution is -2.30. The van der Waals surface area contributed by atoms with Crippen molar-refractivity contribution >= 4 is 5.91 Å². The zero-order valence-corrected chi connectivity index (χ0v) is 14.3. The van der Waals surface area contributed by atoms with Gasteiger partial charge < -0.3 is 9.73 Å². The van der Waals surface area contributed by atoms with Gasteiger partial charge in [-0.25, -0.2) is 0 Å². The standard InChI is InChI=1S/C17H21N5O2/c1-10-7-11(2)22(21-10)12(3)9-18-17(23)15-8-14(19-20-15)16-6-5-13(4)24-16/h5-8,12H,9H2,1-4H3,(H,18,23)(H,19,20). The van der Waals surface area contributed by atoms with Gasteiger partial charge in [0.2, 0.25) is 0 Å². The van der Waals surface area contributed by atoms with Gasteiger partial charge in [0.05, 0.1) is 11.7 Å². The van der Waals surface area contributed by atoms with Gasteiger partial charge in [0, 0.05) is 18.3 Å². The minimum atomic E-state index is -0.228. The zero-order chi connectivity index (χ0) is 17.3. The molecular weight excluding hydrogens is 306 g/mol. The Morgan fingerprint density at radius 3 is 2.75 bits per heavy atom. The summed E-state index contributed by atoms with van der Waals surface area (Å²) in [5, 5.41) is 14.2. The van der Waals surface area contributed by atoms with Gasteiger partial charge >= 0.3 is 0 Å². The number of aromatic nitrogens is 4. The molecule has 2 N–H and O–H groups in total. The van der Waals surface area contributed by atoms with E-state index in [0.717, 1.165) is 17.1 Å². The van der Waals surface area contributed by atoms with E-state index in [0.29, 0.717) is 23.7 Å². The van der Waals surface area contributed by atoms with Crippen LogP contribution in [0.3, 0.4) is 0 Å². The van der Waals surface area contributed by atoms with Crippen molar-refractivity contribution < 1.29 is 9.21 Å². The molecule has 0 aromatic carbocycles. The average Bonchev–Trinajstić information content (AvgIpc) is 3.24. The number of carbonyl (C=O) groups excluding carboxylic acids is 1. The van der Waals surface area contributed by atoms with E-state index < -0.39 is 0 Å². The SMILES string of the molecule is Cc1cc(C)n(C(C)CNC(=O)c2cc(-c3ccc(C)o3)[nH]n2)n1. The van der Waals surface area contributed by atoms with Crippen LogP contribution in [0.5, 0.6) is 0 Å². The summed E-state index contributed by atoms with van der Waals surface area (Å²) < 4.78 is 7.43. The number of aryl methyl sites for hydroxylation is 3. The van der Waals surface area contributed by atoms with Crippen LogP contribution in [0.15, 0.2) is 28.7 Å². The molecule has 0 aliphatic carbocycles. The molecule has 126 valence electrons. The maximum Gasteiger partial charge on any atom is 0.271 e. The molecule has 0 spiro atoms. The minimum Gasteiger partial charge on any atom is -0.460 e. The first-order valence-corrected chi connectivity index (χ1v) is 7.87. The second-order valence-corrected chi connectivity index (χ2v) is 6.01. The summed E-state index contributed by atoms with van der Waals surface area (Å²) in [5.41, 5.74) is 3.06. The van der Waals surface area contributed by atoms with E-state index in [-0.39, 0.29) is 11.9 Å². The third-order valence-electron chi connectivity index (χ3n) is 3.84. The van der Waals surface area contributed by atoms with Crippen molar-refractivity contribution in [1.29, 1.82) is 0 Å². The topological polar surface area (TPSA) is 88.7 Å². The Balaban J connectivity index is 1.63. The Hall–Kier alpha value is -2.83. The first-order valence-electron chi connectivity index (χ1n) is 7.87.